The number of likely N-dealkylation sites (tertiary alicyclic amines) is 1. The molecule has 2 fully saturated rings. The van der Waals surface area contributed by atoms with Gasteiger partial charge in [-0.1, -0.05) is 18.6 Å². The number of nitro benzene ring substituents is 1. The summed E-state index contributed by atoms with van der Waals surface area (Å²) in [5, 5.41) is 11.2. The van der Waals surface area contributed by atoms with Crippen molar-refractivity contribution < 1.29 is 14.5 Å². The number of piperazine rings is 1. The van der Waals surface area contributed by atoms with Crippen molar-refractivity contribution in [3.63, 3.8) is 0 Å². The lowest BCUT2D eigenvalue weighted by molar-refractivity contribution is -0.384. The van der Waals surface area contributed by atoms with Crippen LogP contribution in [0.2, 0.25) is 0 Å². The van der Waals surface area contributed by atoms with E-state index in [1.807, 2.05) is 4.90 Å². The van der Waals surface area contributed by atoms with Crippen LogP contribution in [0.1, 0.15) is 25.7 Å². The molecule has 26 heavy (non-hydrogen) atoms. The second-order valence-corrected chi connectivity index (χ2v) is 6.74. The molecule has 2 aliphatic heterocycles. The zero-order valence-corrected chi connectivity index (χ0v) is 14.8. The van der Waals surface area contributed by atoms with Crippen LogP contribution in [0.5, 0.6) is 0 Å². The van der Waals surface area contributed by atoms with Crippen LogP contribution in [0.15, 0.2) is 24.3 Å². The number of rotatable bonds is 4. The van der Waals surface area contributed by atoms with Gasteiger partial charge < -0.3 is 14.7 Å². The minimum absolute atomic E-state index is 0.0394. The molecule has 0 aliphatic carbocycles. The van der Waals surface area contributed by atoms with Crippen molar-refractivity contribution in [2.75, 3.05) is 44.2 Å². The molecule has 0 aromatic heterocycles. The summed E-state index contributed by atoms with van der Waals surface area (Å²) < 4.78 is 0. The van der Waals surface area contributed by atoms with Gasteiger partial charge in [-0.15, -0.1) is 0 Å². The third kappa shape index (κ3) is 4.12. The summed E-state index contributed by atoms with van der Waals surface area (Å²) in [5.41, 5.74) is 0.676. The summed E-state index contributed by atoms with van der Waals surface area (Å²) in [5.74, 6) is 0.0249. The van der Waals surface area contributed by atoms with Crippen LogP contribution in [0, 0.1) is 10.1 Å². The van der Waals surface area contributed by atoms with Gasteiger partial charge in [-0.05, 0) is 18.9 Å². The number of benzene rings is 1. The van der Waals surface area contributed by atoms with Crippen LogP contribution in [0.3, 0.4) is 0 Å². The number of hydrogen-bond donors (Lipinski definition) is 0. The average molecular weight is 360 g/mol. The summed E-state index contributed by atoms with van der Waals surface area (Å²) in [6, 6.07) is 6.67. The van der Waals surface area contributed by atoms with Gasteiger partial charge in [-0.2, -0.15) is 0 Å². The summed E-state index contributed by atoms with van der Waals surface area (Å²) >= 11 is 0. The topological polar surface area (TPSA) is 87.0 Å². The van der Waals surface area contributed by atoms with E-state index in [1.165, 1.54) is 6.07 Å². The highest BCUT2D eigenvalue weighted by atomic mass is 16.6. The van der Waals surface area contributed by atoms with Gasteiger partial charge in [0, 0.05) is 45.2 Å². The molecule has 8 nitrogen and oxygen atoms in total. The number of nitro groups is 1. The summed E-state index contributed by atoms with van der Waals surface area (Å²) in [6.45, 7) is 2.90. The summed E-state index contributed by atoms with van der Waals surface area (Å²) in [6.07, 6.45) is 3.41. The number of carbonyl (C=O) groups excluding carboxylic acids is 2. The third-order valence-electron chi connectivity index (χ3n) is 5.05. The Kier molecular flexibility index (Phi) is 5.70. The Labute approximate surface area is 152 Å². The van der Waals surface area contributed by atoms with Crippen molar-refractivity contribution in [3.05, 3.63) is 34.4 Å². The molecular formula is C18H24N4O4. The van der Waals surface area contributed by atoms with Crippen molar-refractivity contribution in [2.45, 2.75) is 25.7 Å². The average Bonchev–Trinajstić information content (AvgIpc) is 2.86. The van der Waals surface area contributed by atoms with Crippen molar-refractivity contribution in [3.8, 4) is 0 Å². The van der Waals surface area contributed by atoms with Gasteiger partial charge in [0.25, 0.3) is 5.69 Å². The fourth-order valence-electron chi connectivity index (χ4n) is 3.55. The molecule has 0 bridgehead atoms. The van der Waals surface area contributed by atoms with Crippen molar-refractivity contribution >= 4 is 23.2 Å². The highest BCUT2D eigenvalue weighted by molar-refractivity contribution is 5.85. The SMILES string of the molecule is O=C(CN1CCCCCC1=O)N1CCN(c2ccccc2[N+](=O)[O-])CC1. The lowest BCUT2D eigenvalue weighted by Crippen LogP contribution is -2.52. The Bertz CT molecular complexity index is 686. The van der Waals surface area contributed by atoms with Gasteiger partial charge in [-0.25, -0.2) is 0 Å². The minimum Gasteiger partial charge on any atom is -0.362 e. The number of para-hydroxylation sites is 2. The van der Waals surface area contributed by atoms with Crippen LogP contribution >= 0.6 is 0 Å². The van der Waals surface area contributed by atoms with Gasteiger partial charge in [0.05, 0.1) is 11.5 Å². The molecule has 2 amide bonds. The second-order valence-electron chi connectivity index (χ2n) is 6.74. The molecule has 1 aromatic carbocycles. The predicted molar refractivity (Wildman–Crippen MR) is 96.9 cm³/mol. The molecule has 140 valence electrons. The molecule has 2 heterocycles. The first-order valence-corrected chi connectivity index (χ1v) is 9.10. The van der Waals surface area contributed by atoms with Gasteiger partial charge in [0.15, 0.2) is 0 Å². The molecule has 2 aliphatic rings. The highest BCUT2D eigenvalue weighted by Crippen LogP contribution is 2.28. The monoisotopic (exact) mass is 360 g/mol. The third-order valence-corrected chi connectivity index (χ3v) is 5.05. The normalized spacial score (nSPS) is 18.6. The van der Waals surface area contributed by atoms with E-state index in [2.05, 4.69) is 0 Å². The maximum absolute atomic E-state index is 12.5. The largest absolute Gasteiger partial charge is 0.362 e. The molecule has 0 spiro atoms. The van der Waals surface area contributed by atoms with Crippen LogP contribution in [0.4, 0.5) is 11.4 Å². The van der Waals surface area contributed by atoms with E-state index in [1.54, 1.807) is 28.0 Å². The first kappa shape index (κ1) is 18.2. The number of nitrogens with zero attached hydrogens (tertiary/aromatic N) is 4. The Morgan fingerprint density at radius 2 is 1.77 bits per heavy atom. The van der Waals surface area contributed by atoms with E-state index >= 15 is 0 Å². The van der Waals surface area contributed by atoms with E-state index in [0.29, 0.717) is 44.8 Å². The Morgan fingerprint density at radius 3 is 2.50 bits per heavy atom. The quantitative estimate of drug-likeness (QED) is 0.602. The molecule has 0 N–H and O–H groups in total. The van der Waals surface area contributed by atoms with Crippen molar-refractivity contribution in [1.29, 1.82) is 0 Å². The smallest absolute Gasteiger partial charge is 0.292 e. The first-order chi connectivity index (χ1) is 12.6. The highest BCUT2D eigenvalue weighted by Gasteiger charge is 2.27. The van der Waals surface area contributed by atoms with E-state index < -0.39 is 0 Å². The standard InChI is InChI=1S/C18H24N4O4/c23-17-8-2-1-5-9-21(17)14-18(24)20-12-10-19(11-13-20)15-6-3-4-7-16(15)22(25)26/h3-4,6-7H,1-2,5,8-14H2. The molecule has 8 heteroatoms. The Balaban J connectivity index is 1.57. The van der Waals surface area contributed by atoms with Gasteiger partial charge in [0.1, 0.15) is 5.69 Å². The molecule has 0 unspecified atom stereocenters. The number of hydrogen-bond acceptors (Lipinski definition) is 5. The van der Waals surface area contributed by atoms with E-state index in [-0.39, 0.29) is 29.0 Å². The number of carbonyl (C=O) groups is 2. The lowest BCUT2D eigenvalue weighted by Gasteiger charge is -2.36. The first-order valence-electron chi connectivity index (χ1n) is 9.10. The molecule has 1 aromatic rings. The zero-order chi connectivity index (χ0) is 18.5. The van der Waals surface area contributed by atoms with Gasteiger partial charge in [-0.3, -0.25) is 19.7 Å². The van der Waals surface area contributed by atoms with Gasteiger partial charge in [0.2, 0.25) is 11.8 Å². The maximum atomic E-state index is 12.5. The lowest BCUT2D eigenvalue weighted by atomic mass is 10.2. The van der Waals surface area contributed by atoms with E-state index in [0.717, 1.165) is 19.3 Å². The minimum atomic E-state index is -0.377. The fourth-order valence-corrected chi connectivity index (χ4v) is 3.55. The molecule has 2 saturated heterocycles. The number of amides is 2. The Hall–Kier alpha value is -2.64. The molecule has 3 rings (SSSR count). The van der Waals surface area contributed by atoms with E-state index in [9.17, 15) is 19.7 Å². The maximum Gasteiger partial charge on any atom is 0.292 e. The number of anilines is 1. The summed E-state index contributed by atoms with van der Waals surface area (Å²) in [4.78, 5) is 40.8. The van der Waals surface area contributed by atoms with E-state index in [4.69, 9.17) is 0 Å². The van der Waals surface area contributed by atoms with Crippen molar-refractivity contribution in [1.82, 2.24) is 9.80 Å². The molecule has 0 saturated carbocycles. The predicted octanol–water partition coefficient (Wildman–Crippen LogP) is 1.65. The van der Waals surface area contributed by atoms with Crippen LogP contribution < -0.4 is 4.90 Å². The van der Waals surface area contributed by atoms with Crippen LogP contribution in [-0.2, 0) is 9.59 Å². The summed E-state index contributed by atoms with van der Waals surface area (Å²) in [7, 11) is 0. The molecular weight excluding hydrogens is 336 g/mol. The fraction of sp³-hybridized carbons (Fsp3) is 0.556. The van der Waals surface area contributed by atoms with Crippen LogP contribution in [0.25, 0.3) is 0 Å². The van der Waals surface area contributed by atoms with Crippen LogP contribution in [-0.4, -0.2) is 65.8 Å². The zero-order valence-electron chi connectivity index (χ0n) is 14.8. The Morgan fingerprint density at radius 1 is 1.04 bits per heavy atom. The second kappa shape index (κ2) is 8.16. The molecule has 0 atom stereocenters. The molecule has 0 radical (unpaired) electrons. The van der Waals surface area contributed by atoms with Crippen molar-refractivity contribution in [2.24, 2.45) is 0 Å². The van der Waals surface area contributed by atoms with Gasteiger partial charge >= 0.3 is 0 Å².